The van der Waals surface area contributed by atoms with E-state index in [0.29, 0.717) is 12.1 Å². The number of anilines is 1. The Bertz CT molecular complexity index is 407. The summed E-state index contributed by atoms with van der Waals surface area (Å²) in [6.07, 6.45) is 7.33. The zero-order chi connectivity index (χ0) is 13.2. The normalized spacial score (nSPS) is 24.6. The molecule has 0 unspecified atom stereocenters. The van der Waals surface area contributed by atoms with Gasteiger partial charge in [0.2, 0.25) is 0 Å². The van der Waals surface area contributed by atoms with E-state index in [2.05, 4.69) is 42.0 Å². The molecule has 2 saturated heterocycles. The lowest BCUT2D eigenvalue weighted by atomic mass is 10.1. The molecule has 3 rings (SSSR count). The van der Waals surface area contributed by atoms with Crippen molar-refractivity contribution in [3.63, 3.8) is 0 Å². The Morgan fingerprint density at radius 3 is 2.53 bits per heavy atom. The highest BCUT2D eigenvalue weighted by molar-refractivity contribution is 5.40. The molecule has 3 nitrogen and oxygen atoms in total. The Labute approximate surface area is 116 Å². The van der Waals surface area contributed by atoms with Crippen LogP contribution < -0.4 is 4.90 Å². The highest BCUT2D eigenvalue weighted by Gasteiger charge is 2.28. The first-order valence-electron chi connectivity index (χ1n) is 7.72. The molecule has 0 spiro atoms. The number of nitrogens with zero attached hydrogens (tertiary/aromatic N) is 3. The minimum absolute atomic E-state index is 0.583. The maximum absolute atomic E-state index is 4.70. The lowest BCUT2D eigenvalue weighted by molar-refractivity contribution is 0.205. The molecule has 2 fully saturated rings. The quantitative estimate of drug-likeness (QED) is 0.831. The van der Waals surface area contributed by atoms with Gasteiger partial charge in [0.1, 0.15) is 5.82 Å². The maximum atomic E-state index is 4.70. The van der Waals surface area contributed by atoms with Crippen LogP contribution in [0.5, 0.6) is 0 Å². The molecule has 3 heteroatoms. The molecule has 2 aliphatic heterocycles. The van der Waals surface area contributed by atoms with Gasteiger partial charge in [0.05, 0.1) is 0 Å². The molecule has 19 heavy (non-hydrogen) atoms. The SMILES string of the molecule is CC(C)N1CCC[C@H]1c1ccc(N2CCCC2)nc1. The predicted octanol–water partition coefficient (Wildman–Crippen LogP) is 3.23. The number of hydrogen-bond donors (Lipinski definition) is 0. The number of hydrogen-bond acceptors (Lipinski definition) is 3. The number of likely N-dealkylation sites (tertiary alicyclic amines) is 1. The molecular weight excluding hydrogens is 234 g/mol. The Morgan fingerprint density at radius 1 is 1.11 bits per heavy atom. The summed E-state index contributed by atoms with van der Waals surface area (Å²) in [6, 6.07) is 5.73. The van der Waals surface area contributed by atoms with E-state index in [1.165, 1.54) is 50.9 Å². The summed E-state index contributed by atoms with van der Waals surface area (Å²) in [6.45, 7) is 8.17. The first kappa shape index (κ1) is 12.9. The van der Waals surface area contributed by atoms with Crippen LogP contribution in [0.4, 0.5) is 5.82 Å². The van der Waals surface area contributed by atoms with Gasteiger partial charge in [0.15, 0.2) is 0 Å². The molecule has 0 bridgehead atoms. The summed E-state index contributed by atoms with van der Waals surface area (Å²) >= 11 is 0. The fourth-order valence-electron chi connectivity index (χ4n) is 3.49. The van der Waals surface area contributed by atoms with Crippen LogP contribution in [0, 0.1) is 0 Å². The zero-order valence-corrected chi connectivity index (χ0v) is 12.2. The molecule has 2 aliphatic rings. The smallest absolute Gasteiger partial charge is 0.128 e. The van der Waals surface area contributed by atoms with E-state index in [4.69, 9.17) is 4.98 Å². The van der Waals surface area contributed by atoms with Gasteiger partial charge in [-0.1, -0.05) is 6.07 Å². The molecule has 104 valence electrons. The monoisotopic (exact) mass is 259 g/mol. The van der Waals surface area contributed by atoms with Crippen LogP contribution in [0.1, 0.15) is 51.1 Å². The van der Waals surface area contributed by atoms with Crippen LogP contribution in [0.3, 0.4) is 0 Å². The van der Waals surface area contributed by atoms with Crippen LogP contribution in [0.25, 0.3) is 0 Å². The molecule has 0 N–H and O–H groups in total. The van der Waals surface area contributed by atoms with Crippen molar-refractivity contribution in [1.29, 1.82) is 0 Å². The average Bonchev–Trinajstić information content (AvgIpc) is 3.10. The second-order valence-electron chi connectivity index (χ2n) is 6.13. The Balaban J connectivity index is 1.74. The van der Waals surface area contributed by atoms with E-state index in [0.717, 1.165) is 5.82 Å². The molecule has 0 aromatic carbocycles. The van der Waals surface area contributed by atoms with Crippen molar-refractivity contribution in [1.82, 2.24) is 9.88 Å². The lowest BCUT2D eigenvalue weighted by Gasteiger charge is -2.28. The standard InChI is InChI=1S/C16H25N3/c1-13(2)19-11-5-6-15(19)14-7-8-16(17-12-14)18-9-3-4-10-18/h7-8,12-13,15H,3-6,9-11H2,1-2H3/t15-/m0/s1. The van der Waals surface area contributed by atoms with Crippen molar-refractivity contribution in [3.8, 4) is 0 Å². The number of aromatic nitrogens is 1. The molecule has 0 aliphatic carbocycles. The Kier molecular flexibility index (Phi) is 3.74. The number of pyridine rings is 1. The molecule has 0 saturated carbocycles. The van der Waals surface area contributed by atoms with Gasteiger partial charge in [0.25, 0.3) is 0 Å². The molecule has 3 heterocycles. The summed E-state index contributed by atoms with van der Waals surface area (Å²) in [5.41, 5.74) is 1.40. The van der Waals surface area contributed by atoms with E-state index >= 15 is 0 Å². The van der Waals surface area contributed by atoms with Crippen molar-refractivity contribution in [3.05, 3.63) is 23.9 Å². The minimum Gasteiger partial charge on any atom is -0.357 e. The van der Waals surface area contributed by atoms with E-state index < -0.39 is 0 Å². The fourth-order valence-corrected chi connectivity index (χ4v) is 3.49. The molecule has 0 amide bonds. The average molecular weight is 259 g/mol. The predicted molar refractivity (Wildman–Crippen MR) is 79.5 cm³/mol. The minimum atomic E-state index is 0.583. The Morgan fingerprint density at radius 2 is 1.89 bits per heavy atom. The van der Waals surface area contributed by atoms with E-state index in [1.807, 2.05) is 0 Å². The largest absolute Gasteiger partial charge is 0.357 e. The van der Waals surface area contributed by atoms with Gasteiger partial charge >= 0.3 is 0 Å². The van der Waals surface area contributed by atoms with Gasteiger partial charge in [-0.15, -0.1) is 0 Å². The first-order valence-corrected chi connectivity index (χ1v) is 7.72. The van der Waals surface area contributed by atoms with Crippen LogP contribution in [-0.2, 0) is 0 Å². The zero-order valence-electron chi connectivity index (χ0n) is 12.2. The van der Waals surface area contributed by atoms with Gasteiger partial charge in [-0.05, 0) is 57.7 Å². The van der Waals surface area contributed by atoms with E-state index in [1.54, 1.807) is 0 Å². The van der Waals surface area contributed by atoms with Gasteiger partial charge in [-0.3, -0.25) is 4.90 Å². The molecule has 1 aromatic rings. The molecular formula is C16H25N3. The first-order chi connectivity index (χ1) is 9.25. The lowest BCUT2D eigenvalue weighted by Crippen LogP contribution is -2.30. The third-order valence-corrected chi connectivity index (χ3v) is 4.54. The fraction of sp³-hybridized carbons (Fsp3) is 0.688. The third-order valence-electron chi connectivity index (χ3n) is 4.54. The van der Waals surface area contributed by atoms with Gasteiger partial charge in [-0.25, -0.2) is 4.98 Å². The Hall–Kier alpha value is -1.09. The molecule has 1 atom stereocenters. The van der Waals surface area contributed by atoms with E-state index in [-0.39, 0.29) is 0 Å². The van der Waals surface area contributed by atoms with Crippen LogP contribution in [0.15, 0.2) is 18.3 Å². The van der Waals surface area contributed by atoms with Crippen LogP contribution in [-0.4, -0.2) is 35.6 Å². The second kappa shape index (κ2) is 5.49. The summed E-state index contributed by atoms with van der Waals surface area (Å²) < 4.78 is 0. The van der Waals surface area contributed by atoms with E-state index in [9.17, 15) is 0 Å². The summed E-state index contributed by atoms with van der Waals surface area (Å²) in [5, 5.41) is 0. The summed E-state index contributed by atoms with van der Waals surface area (Å²) in [4.78, 5) is 9.70. The number of rotatable bonds is 3. The van der Waals surface area contributed by atoms with Crippen molar-refractivity contribution < 1.29 is 0 Å². The van der Waals surface area contributed by atoms with Crippen LogP contribution >= 0.6 is 0 Å². The second-order valence-corrected chi connectivity index (χ2v) is 6.13. The molecule has 1 aromatic heterocycles. The summed E-state index contributed by atoms with van der Waals surface area (Å²) in [5.74, 6) is 1.16. The van der Waals surface area contributed by atoms with Gasteiger partial charge in [0, 0.05) is 31.4 Å². The van der Waals surface area contributed by atoms with Crippen molar-refractivity contribution in [2.45, 2.75) is 51.6 Å². The molecule has 0 radical (unpaired) electrons. The topological polar surface area (TPSA) is 19.4 Å². The van der Waals surface area contributed by atoms with Crippen molar-refractivity contribution in [2.24, 2.45) is 0 Å². The third kappa shape index (κ3) is 2.62. The van der Waals surface area contributed by atoms with Crippen LogP contribution in [0.2, 0.25) is 0 Å². The summed E-state index contributed by atoms with van der Waals surface area (Å²) in [7, 11) is 0. The van der Waals surface area contributed by atoms with Gasteiger partial charge < -0.3 is 4.90 Å². The maximum Gasteiger partial charge on any atom is 0.128 e. The van der Waals surface area contributed by atoms with Gasteiger partial charge in [-0.2, -0.15) is 0 Å². The van der Waals surface area contributed by atoms with Crippen molar-refractivity contribution >= 4 is 5.82 Å². The highest BCUT2D eigenvalue weighted by atomic mass is 15.2. The highest BCUT2D eigenvalue weighted by Crippen LogP contribution is 2.33. The van der Waals surface area contributed by atoms with Crippen molar-refractivity contribution in [2.75, 3.05) is 24.5 Å².